The SMILES string of the molecule is CC(C(=O)C1CC1)=C(O)c1ccoc1C. The van der Waals surface area contributed by atoms with E-state index in [9.17, 15) is 9.90 Å². The van der Waals surface area contributed by atoms with Crippen LogP contribution in [0.2, 0.25) is 0 Å². The molecule has 0 atom stereocenters. The normalized spacial score (nSPS) is 17.5. The van der Waals surface area contributed by atoms with Gasteiger partial charge in [-0.3, -0.25) is 4.79 Å². The number of ketones is 1. The summed E-state index contributed by atoms with van der Waals surface area (Å²) < 4.78 is 5.09. The second-order valence-corrected chi connectivity index (χ2v) is 4.00. The Morgan fingerprint density at radius 1 is 1.53 bits per heavy atom. The maximum Gasteiger partial charge on any atom is 0.165 e. The molecular weight excluding hydrogens is 192 g/mol. The fourth-order valence-electron chi connectivity index (χ4n) is 1.60. The number of Topliss-reactive ketones (excluding diaryl/α,β-unsaturated/α-hetero) is 1. The quantitative estimate of drug-likeness (QED) is 0.611. The predicted octanol–water partition coefficient (Wildman–Crippen LogP) is 2.86. The zero-order chi connectivity index (χ0) is 11.0. The Morgan fingerprint density at radius 3 is 2.67 bits per heavy atom. The van der Waals surface area contributed by atoms with Gasteiger partial charge in [0.25, 0.3) is 0 Å². The van der Waals surface area contributed by atoms with Crippen LogP contribution in [0.15, 0.2) is 22.3 Å². The van der Waals surface area contributed by atoms with E-state index < -0.39 is 0 Å². The molecule has 2 rings (SSSR count). The Balaban J connectivity index is 2.31. The second-order valence-electron chi connectivity index (χ2n) is 4.00. The number of aryl methyl sites for hydroxylation is 1. The lowest BCUT2D eigenvalue weighted by Gasteiger charge is -2.03. The minimum atomic E-state index is 0.0538. The van der Waals surface area contributed by atoms with Crippen molar-refractivity contribution < 1.29 is 14.3 Å². The highest BCUT2D eigenvalue weighted by molar-refractivity contribution is 6.03. The first-order chi connectivity index (χ1) is 7.11. The summed E-state index contributed by atoms with van der Waals surface area (Å²) in [5.74, 6) is 0.890. The highest BCUT2D eigenvalue weighted by Gasteiger charge is 2.31. The van der Waals surface area contributed by atoms with Gasteiger partial charge in [-0.15, -0.1) is 0 Å². The van der Waals surface area contributed by atoms with Crippen molar-refractivity contribution in [3.05, 3.63) is 29.2 Å². The van der Waals surface area contributed by atoms with Crippen molar-refractivity contribution in [2.24, 2.45) is 5.92 Å². The average molecular weight is 206 g/mol. The lowest BCUT2D eigenvalue weighted by molar-refractivity contribution is -0.116. The summed E-state index contributed by atoms with van der Waals surface area (Å²) in [4.78, 5) is 11.7. The Labute approximate surface area is 88.4 Å². The van der Waals surface area contributed by atoms with Gasteiger partial charge in [-0.1, -0.05) is 0 Å². The summed E-state index contributed by atoms with van der Waals surface area (Å²) in [5, 5.41) is 9.90. The molecule has 1 aliphatic carbocycles. The molecule has 0 unspecified atom stereocenters. The summed E-state index contributed by atoms with van der Waals surface area (Å²) in [6.07, 6.45) is 3.41. The molecule has 0 saturated heterocycles. The zero-order valence-corrected chi connectivity index (χ0v) is 8.91. The van der Waals surface area contributed by atoms with E-state index in [4.69, 9.17) is 4.42 Å². The molecule has 1 aromatic heterocycles. The van der Waals surface area contributed by atoms with Crippen LogP contribution < -0.4 is 0 Å². The van der Waals surface area contributed by atoms with Crippen LogP contribution in [-0.4, -0.2) is 10.9 Å². The maximum atomic E-state index is 11.7. The average Bonchev–Trinajstić information content (AvgIpc) is 2.98. The topological polar surface area (TPSA) is 50.4 Å². The molecule has 1 aliphatic rings. The van der Waals surface area contributed by atoms with Gasteiger partial charge in [0, 0.05) is 11.5 Å². The van der Waals surface area contributed by atoms with Crippen molar-refractivity contribution >= 4 is 11.5 Å². The zero-order valence-electron chi connectivity index (χ0n) is 8.91. The molecule has 0 spiro atoms. The van der Waals surface area contributed by atoms with Gasteiger partial charge in [-0.05, 0) is 32.8 Å². The molecule has 0 aromatic carbocycles. The lowest BCUT2D eigenvalue weighted by Crippen LogP contribution is -2.04. The largest absolute Gasteiger partial charge is 0.507 e. The van der Waals surface area contributed by atoms with Gasteiger partial charge in [0.05, 0.1) is 11.8 Å². The van der Waals surface area contributed by atoms with Crippen molar-refractivity contribution in [3.63, 3.8) is 0 Å². The number of rotatable bonds is 3. The highest BCUT2D eigenvalue weighted by atomic mass is 16.3. The van der Waals surface area contributed by atoms with Gasteiger partial charge in [0.15, 0.2) is 5.78 Å². The molecule has 80 valence electrons. The Hall–Kier alpha value is -1.51. The molecule has 0 bridgehead atoms. The van der Waals surface area contributed by atoms with Gasteiger partial charge in [0.2, 0.25) is 0 Å². The van der Waals surface area contributed by atoms with Crippen molar-refractivity contribution in [1.29, 1.82) is 0 Å². The molecule has 0 radical (unpaired) electrons. The summed E-state index contributed by atoms with van der Waals surface area (Å²) in [5.41, 5.74) is 1.06. The highest BCUT2D eigenvalue weighted by Crippen LogP contribution is 2.34. The van der Waals surface area contributed by atoms with Crippen LogP contribution in [0.4, 0.5) is 0 Å². The minimum Gasteiger partial charge on any atom is -0.507 e. The van der Waals surface area contributed by atoms with Crippen molar-refractivity contribution in [3.8, 4) is 0 Å². The molecule has 3 nitrogen and oxygen atoms in total. The van der Waals surface area contributed by atoms with E-state index in [-0.39, 0.29) is 17.5 Å². The van der Waals surface area contributed by atoms with E-state index in [0.29, 0.717) is 16.9 Å². The first-order valence-corrected chi connectivity index (χ1v) is 5.09. The summed E-state index contributed by atoms with van der Waals surface area (Å²) in [6.45, 7) is 3.43. The Bertz CT molecular complexity index is 422. The molecular formula is C12H14O3. The Morgan fingerprint density at radius 2 is 2.20 bits per heavy atom. The van der Waals surface area contributed by atoms with Crippen LogP contribution >= 0.6 is 0 Å². The number of carbonyl (C=O) groups excluding carboxylic acids is 1. The molecule has 1 aromatic rings. The number of hydrogen-bond acceptors (Lipinski definition) is 3. The van der Waals surface area contributed by atoms with Crippen LogP contribution in [-0.2, 0) is 4.79 Å². The second kappa shape index (κ2) is 3.57. The maximum absolute atomic E-state index is 11.7. The summed E-state index contributed by atoms with van der Waals surface area (Å²) in [7, 11) is 0. The fraction of sp³-hybridized carbons (Fsp3) is 0.417. The number of allylic oxidation sites excluding steroid dienone is 1. The number of aliphatic hydroxyl groups excluding tert-OH is 1. The van der Waals surface area contributed by atoms with Crippen molar-refractivity contribution in [2.75, 3.05) is 0 Å². The smallest absolute Gasteiger partial charge is 0.165 e. The molecule has 1 heterocycles. The molecule has 1 saturated carbocycles. The van der Waals surface area contributed by atoms with Crippen LogP contribution in [0.3, 0.4) is 0 Å². The van der Waals surface area contributed by atoms with E-state index in [1.165, 1.54) is 6.26 Å². The molecule has 1 N–H and O–H groups in total. The van der Waals surface area contributed by atoms with Crippen LogP contribution in [0.5, 0.6) is 0 Å². The predicted molar refractivity (Wildman–Crippen MR) is 56.4 cm³/mol. The molecule has 15 heavy (non-hydrogen) atoms. The number of furan rings is 1. The van der Waals surface area contributed by atoms with Gasteiger partial charge in [0.1, 0.15) is 11.5 Å². The first-order valence-electron chi connectivity index (χ1n) is 5.09. The van der Waals surface area contributed by atoms with E-state index in [2.05, 4.69) is 0 Å². The van der Waals surface area contributed by atoms with E-state index >= 15 is 0 Å². The van der Waals surface area contributed by atoms with Crippen LogP contribution in [0, 0.1) is 12.8 Å². The van der Waals surface area contributed by atoms with Crippen molar-refractivity contribution in [1.82, 2.24) is 0 Å². The summed E-state index contributed by atoms with van der Waals surface area (Å²) in [6, 6.07) is 1.67. The molecule has 0 aliphatic heterocycles. The van der Waals surface area contributed by atoms with Crippen molar-refractivity contribution in [2.45, 2.75) is 26.7 Å². The number of hydrogen-bond donors (Lipinski definition) is 1. The van der Waals surface area contributed by atoms with Gasteiger partial charge in [-0.25, -0.2) is 0 Å². The Kier molecular flexibility index (Phi) is 2.39. The van der Waals surface area contributed by atoms with Crippen LogP contribution in [0.25, 0.3) is 5.76 Å². The lowest BCUT2D eigenvalue weighted by atomic mass is 10.0. The van der Waals surface area contributed by atoms with E-state index in [1.54, 1.807) is 19.9 Å². The van der Waals surface area contributed by atoms with Gasteiger partial charge < -0.3 is 9.52 Å². The fourth-order valence-corrected chi connectivity index (χ4v) is 1.60. The van der Waals surface area contributed by atoms with E-state index in [0.717, 1.165) is 12.8 Å². The van der Waals surface area contributed by atoms with E-state index in [1.807, 2.05) is 0 Å². The third-order valence-corrected chi connectivity index (χ3v) is 2.79. The minimum absolute atomic E-state index is 0.0538. The van der Waals surface area contributed by atoms with Crippen LogP contribution in [0.1, 0.15) is 31.1 Å². The van der Waals surface area contributed by atoms with Gasteiger partial charge >= 0.3 is 0 Å². The first kappa shape index (κ1) is 10.0. The monoisotopic (exact) mass is 206 g/mol. The standard InChI is InChI=1S/C12H14O3/c1-7(11(13)9-3-4-9)12(14)10-5-6-15-8(10)2/h5-6,9,14H,3-4H2,1-2H3. The third kappa shape index (κ3) is 1.82. The number of carbonyl (C=O) groups is 1. The molecule has 3 heteroatoms. The van der Waals surface area contributed by atoms with Gasteiger partial charge in [-0.2, -0.15) is 0 Å². The number of aliphatic hydroxyl groups is 1. The molecule has 1 fully saturated rings. The third-order valence-electron chi connectivity index (χ3n) is 2.79. The molecule has 0 amide bonds. The summed E-state index contributed by atoms with van der Waals surface area (Å²) >= 11 is 0.